The van der Waals surface area contributed by atoms with Gasteiger partial charge in [-0.15, -0.1) is 0 Å². The van der Waals surface area contributed by atoms with Gasteiger partial charge in [0.2, 0.25) is 10.0 Å². The first kappa shape index (κ1) is 20.6. The van der Waals surface area contributed by atoms with Crippen molar-refractivity contribution in [3.63, 3.8) is 0 Å². The molecule has 7 nitrogen and oxygen atoms in total. The Balaban J connectivity index is 1.81. The summed E-state index contributed by atoms with van der Waals surface area (Å²) in [6, 6.07) is 11.8. The molecule has 2 rings (SSSR count). The van der Waals surface area contributed by atoms with Crippen molar-refractivity contribution in [3.05, 3.63) is 59.2 Å². The minimum atomic E-state index is -3.82. The summed E-state index contributed by atoms with van der Waals surface area (Å²) in [5, 5.41) is 2.63. The van der Waals surface area contributed by atoms with Crippen molar-refractivity contribution in [1.82, 2.24) is 4.72 Å². The maximum Gasteiger partial charge on any atom is 0.321 e. The van der Waals surface area contributed by atoms with Crippen molar-refractivity contribution in [1.29, 1.82) is 0 Å². The minimum Gasteiger partial charge on any atom is -0.455 e. The maximum atomic E-state index is 12.1. The number of carbonyl (C=O) groups is 2. The lowest BCUT2D eigenvalue weighted by atomic mass is 10.1. The quantitative estimate of drug-likeness (QED) is 0.705. The van der Waals surface area contributed by atoms with Crippen LogP contribution in [0.4, 0.5) is 5.69 Å². The number of ether oxygens (including phenoxy) is 1. The Morgan fingerprint density at radius 2 is 1.52 bits per heavy atom. The first-order valence-electron chi connectivity index (χ1n) is 8.26. The molecular formula is C19H22N2O5S. The molecular weight excluding hydrogens is 368 g/mol. The molecule has 0 saturated carbocycles. The predicted molar refractivity (Wildman–Crippen MR) is 102 cm³/mol. The number of rotatable bonds is 7. The second-order valence-electron chi connectivity index (χ2n) is 6.22. The molecule has 2 N–H and O–H groups in total. The van der Waals surface area contributed by atoms with Gasteiger partial charge in [-0.25, -0.2) is 8.42 Å². The van der Waals surface area contributed by atoms with Gasteiger partial charge in [0, 0.05) is 5.69 Å². The number of carbonyl (C=O) groups excluding carboxylic acids is 2. The van der Waals surface area contributed by atoms with Crippen molar-refractivity contribution in [3.8, 4) is 0 Å². The van der Waals surface area contributed by atoms with Crippen LogP contribution >= 0.6 is 0 Å². The van der Waals surface area contributed by atoms with E-state index in [4.69, 9.17) is 4.74 Å². The van der Waals surface area contributed by atoms with E-state index in [2.05, 4.69) is 10.0 Å². The molecule has 0 radical (unpaired) electrons. The van der Waals surface area contributed by atoms with Gasteiger partial charge in [-0.3, -0.25) is 9.59 Å². The summed E-state index contributed by atoms with van der Waals surface area (Å²) in [7, 11) is -3.82. The van der Waals surface area contributed by atoms with Gasteiger partial charge in [0.05, 0.1) is 4.90 Å². The van der Waals surface area contributed by atoms with Crippen LogP contribution < -0.4 is 10.0 Å². The predicted octanol–water partition coefficient (Wildman–Crippen LogP) is 2.07. The molecule has 0 bridgehead atoms. The van der Waals surface area contributed by atoms with Crippen molar-refractivity contribution in [2.75, 3.05) is 18.5 Å². The summed E-state index contributed by atoms with van der Waals surface area (Å²) in [6.45, 7) is 4.58. The Kier molecular flexibility index (Phi) is 6.70. The molecule has 2 aromatic carbocycles. The number of sulfonamides is 1. The number of amides is 1. The van der Waals surface area contributed by atoms with E-state index in [1.54, 1.807) is 24.3 Å². The van der Waals surface area contributed by atoms with Crippen molar-refractivity contribution < 1.29 is 22.7 Å². The summed E-state index contributed by atoms with van der Waals surface area (Å²) >= 11 is 0. The SMILES string of the molecule is Cc1ccc(S(=O)(=O)NCC(=O)OCC(=O)Nc2cc(C)cc(C)c2)cc1. The summed E-state index contributed by atoms with van der Waals surface area (Å²) < 4.78 is 31.1. The maximum absolute atomic E-state index is 12.1. The topological polar surface area (TPSA) is 102 Å². The van der Waals surface area contributed by atoms with E-state index in [0.717, 1.165) is 16.7 Å². The first-order valence-corrected chi connectivity index (χ1v) is 9.74. The van der Waals surface area contributed by atoms with Crippen LogP contribution in [0.15, 0.2) is 47.4 Å². The fourth-order valence-electron chi connectivity index (χ4n) is 2.40. The fourth-order valence-corrected chi connectivity index (χ4v) is 3.36. The van der Waals surface area contributed by atoms with E-state index < -0.39 is 35.1 Å². The van der Waals surface area contributed by atoms with E-state index in [1.807, 2.05) is 26.8 Å². The van der Waals surface area contributed by atoms with E-state index in [9.17, 15) is 18.0 Å². The summed E-state index contributed by atoms with van der Waals surface area (Å²) in [5.74, 6) is -1.35. The summed E-state index contributed by atoms with van der Waals surface area (Å²) in [4.78, 5) is 23.6. The Hall–Kier alpha value is -2.71. The van der Waals surface area contributed by atoms with Gasteiger partial charge in [0.15, 0.2) is 6.61 Å². The zero-order valence-corrected chi connectivity index (χ0v) is 16.2. The van der Waals surface area contributed by atoms with Crippen LogP contribution in [0.3, 0.4) is 0 Å². The third kappa shape index (κ3) is 6.50. The summed E-state index contributed by atoms with van der Waals surface area (Å²) in [6.07, 6.45) is 0. The molecule has 0 saturated heterocycles. The number of hydrogen-bond donors (Lipinski definition) is 2. The lowest BCUT2D eigenvalue weighted by Gasteiger charge is -2.09. The van der Waals surface area contributed by atoms with Gasteiger partial charge >= 0.3 is 5.97 Å². The van der Waals surface area contributed by atoms with E-state index >= 15 is 0 Å². The number of benzene rings is 2. The molecule has 0 aliphatic carbocycles. The van der Waals surface area contributed by atoms with Crippen LogP contribution in [-0.2, 0) is 24.3 Å². The molecule has 0 unspecified atom stereocenters. The lowest BCUT2D eigenvalue weighted by Crippen LogP contribution is -2.32. The molecule has 0 fully saturated rings. The molecule has 0 heterocycles. The lowest BCUT2D eigenvalue weighted by molar-refractivity contribution is -0.146. The van der Waals surface area contributed by atoms with Crippen molar-refractivity contribution >= 4 is 27.6 Å². The third-order valence-electron chi connectivity index (χ3n) is 3.61. The summed E-state index contributed by atoms with van der Waals surface area (Å²) in [5.41, 5.74) is 3.51. The molecule has 0 aliphatic rings. The highest BCUT2D eigenvalue weighted by Crippen LogP contribution is 2.13. The van der Waals surface area contributed by atoms with E-state index in [0.29, 0.717) is 5.69 Å². The van der Waals surface area contributed by atoms with Gasteiger partial charge in [0.1, 0.15) is 6.54 Å². The molecule has 0 spiro atoms. The highest BCUT2D eigenvalue weighted by atomic mass is 32.2. The van der Waals surface area contributed by atoms with Crippen LogP contribution in [0, 0.1) is 20.8 Å². The Labute approximate surface area is 158 Å². The Bertz CT molecular complexity index is 917. The third-order valence-corrected chi connectivity index (χ3v) is 5.02. The van der Waals surface area contributed by atoms with Crippen LogP contribution in [-0.4, -0.2) is 33.4 Å². The van der Waals surface area contributed by atoms with E-state index in [-0.39, 0.29) is 4.90 Å². The molecule has 8 heteroatoms. The molecule has 144 valence electrons. The van der Waals surface area contributed by atoms with Crippen molar-refractivity contribution in [2.45, 2.75) is 25.7 Å². The molecule has 27 heavy (non-hydrogen) atoms. The highest BCUT2D eigenvalue weighted by molar-refractivity contribution is 7.89. The zero-order chi connectivity index (χ0) is 20.0. The zero-order valence-electron chi connectivity index (χ0n) is 15.4. The smallest absolute Gasteiger partial charge is 0.321 e. The number of anilines is 1. The molecule has 0 aliphatic heterocycles. The van der Waals surface area contributed by atoms with Gasteiger partial charge < -0.3 is 10.1 Å². The molecule has 2 aromatic rings. The van der Waals surface area contributed by atoms with Gasteiger partial charge in [0.25, 0.3) is 5.91 Å². The largest absolute Gasteiger partial charge is 0.455 e. The number of esters is 1. The van der Waals surface area contributed by atoms with Gasteiger partial charge in [-0.1, -0.05) is 23.8 Å². The van der Waals surface area contributed by atoms with Crippen molar-refractivity contribution in [2.24, 2.45) is 0 Å². The molecule has 1 amide bonds. The number of nitrogens with one attached hydrogen (secondary N) is 2. The minimum absolute atomic E-state index is 0.0495. The Morgan fingerprint density at radius 1 is 0.926 bits per heavy atom. The number of aryl methyl sites for hydroxylation is 3. The van der Waals surface area contributed by atoms with Gasteiger partial charge in [-0.2, -0.15) is 4.72 Å². The standard InChI is InChI=1S/C19H22N2O5S/c1-13-4-6-17(7-5-13)27(24,25)20-11-19(23)26-12-18(22)21-16-9-14(2)8-15(3)10-16/h4-10,20H,11-12H2,1-3H3,(H,21,22). The van der Waals surface area contributed by atoms with Crippen LogP contribution in [0.5, 0.6) is 0 Å². The fraction of sp³-hybridized carbons (Fsp3) is 0.263. The number of hydrogen-bond acceptors (Lipinski definition) is 5. The average molecular weight is 390 g/mol. The monoisotopic (exact) mass is 390 g/mol. The molecule has 0 aromatic heterocycles. The average Bonchev–Trinajstić information content (AvgIpc) is 2.57. The van der Waals surface area contributed by atoms with Crippen LogP contribution in [0.1, 0.15) is 16.7 Å². The Morgan fingerprint density at radius 3 is 2.11 bits per heavy atom. The second-order valence-corrected chi connectivity index (χ2v) is 7.99. The van der Waals surface area contributed by atoms with Crippen LogP contribution in [0.25, 0.3) is 0 Å². The first-order chi connectivity index (χ1) is 12.7. The molecule has 0 atom stereocenters. The van der Waals surface area contributed by atoms with E-state index in [1.165, 1.54) is 12.1 Å². The van der Waals surface area contributed by atoms with Gasteiger partial charge in [-0.05, 0) is 56.2 Å². The normalized spacial score (nSPS) is 11.1. The van der Waals surface area contributed by atoms with Crippen LogP contribution in [0.2, 0.25) is 0 Å². The second kappa shape index (κ2) is 8.79. The highest BCUT2D eigenvalue weighted by Gasteiger charge is 2.16.